The summed E-state index contributed by atoms with van der Waals surface area (Å²) in [6.45, 7) is 8.80. The molecule has 1 saturated heterocycles. The van der Waals surface area contributed by atoms with Gasteiger partial charge in [-0.3, -0.25) is 19.5 Å². The maximum Gasteiger partial charge on any atom is 0.231 e. The third kappa shape index (κ3) is 6.62. The molecule has 1 heterocycles. The van der Waals surface area contributed by atoms with E-state index in [9.17, 15) is 15.0 Å². The molecule has 1 fully saturated rings. The molecule has 0 spiro atoms. The lowest BCUT2D eigenvalue weighted by atomic mass is 10.3. The Morgan fingerprint density at radius 1 is 1.05 bits per heavy atom. The predicted octanol–water partition coefficient (Wildman–Crippen LogP) is -1.89. The third-order valence-electron chi connectivity index (χ3n) is 3.57. The van der Waals surface area contributed by atoms with Gasteiger partial charge in [0.25, 0.3) is 0 Å². The summed E-state index contributed by atoms with van der Waals surface area (Å²) in [6, 6.07) is 0. The highest BCUT2D eigenvalue weighted by Gasteiger charge is 2.19. The van der Waals surface area contributed by atoms with Crippen molar-refractivity contribution in [3.8, 4) is 0 Å². The Morgan fingerprint density at radius 3 is 2.05 bits per heavy atom. The molecular weight excluding hydrogens is 260 g/mol. The zero-order valence-corrected chi connectivity index (χ0v) is 12.5. The molecule has 2 unspecified atom stereocenters. The number of nitrogens with two attached hydrogens (primary N) is 1. The molecule has 0 aromatic carbocycles. The van der Waals surface area contributed by atoms with Gasteiger partial charge < -0.3 is 15.9 Å². The maximum absolute atomic E-state index is 11.1. The number of rotatable bonds is 5. The Hall–Kier alpha value is -0.730. The summed E-state index contributed by atoms with van der Waals surface area (Å²) < 4.78 is 0. The molecule has 0 bridgehead atoms. The van der Waals surface area contributed by atoms with Gasteiger partial charge in [0.1, 0.15) is 6.23 Å². The van der Waals surface area contributed by atoms with Gasteiger partial charge in [0.15, 0.2) is 0 Å². The Balaban J connectivity index is 2.65. The van der Waals surface area contributed by atoms with Gasteiger partial charge >= 0.3 is 0 Å². The van der Waals surface area contributed by atoms with Gasteiger partial charge in [-0.25, -0.2) is 0 Å². The molecule has 4 N–H and O–H groups in total. The van der Waals surface area contributed by atoms with E-state index in [-0.39, 0.29) is 18.6 Å². The Morgan fingerprint density at radius 2 is 1.55 bits per heavy atom. The van der Waals surface area contributed by atoms with Crippen LogP contribution in [0.5, 0.6) is 0 Å². The van der Waals surface area contributed by atoms with E-state index in [0.717, 1.165) is 26.2 Å². The van der Waals surface area contributed by atoms with Crippen molar-refractivity contribution in [3.63, 3.8) is 0 Å². The monoisotopic (exact) mass is 288 g/mol. The summed E-state index contributed by atoms with van der Waals surface area (Å²) in [6.07, 6.45) is -0.905. The van der Waals surface area contributed by atoms with E-state index in [4.69, 9.17) is 5.73 Å². The van der Waals surface area contributed by atoms with Crippen molar-refractivity contribution in [2.75, 3.05) is 52.4 Å². The van der Waals surface area contributed by atoms with Gasteiger partial charge in [-0.05, 0) is 13.8 Å². The van der Waals surface area contributed by atoms with Gasteiger partial charge in [-0.15, -0.1) is 0 Å². The van der Waals surface area contributed by atoms with Crippen molar-refractivity contribution in [2.45, 2.75) is 26.2 Å². The standard InChI is InChI=1S/C13H28N4O3/c1-11(18)9-15-3-4-16(10-13(14)20)6-8-17(7-5-15)12(2)19/h11-12,18-19H,3-10H2,1-2H3,(H2,14,20). The molecule has 0 radical (unpaired) electrons. The van der Waals surface area contributed by atoms with E-state index < -0.39 is 6.23 Å². The molecule has 0 saturated carbocycles. The van der Waals surface area contributed by atoms with Crippen molar-refractivity contribution in [2.24, 2.45) is 5.73 Å². The average Bonchev–Trinajstić information content (AvgIpc) is 2.40. The Labute approximate surface area is 120 Å². The molecule has 1 amide bonds. The minimum absolute atomic E-state index is 0.232. The van der Waals surface area contributed by atoms with Crippen LogP contribution in [-0.2, 0) is 4.79 Å². The molecular formula is C13H28N4O3. The van der Waals surface area contributed by atoms with Crippen molar-refractivity contribution in [1.29, 1.82) is 0 Å². The second-order valence-electron chi connectivity index (χ2n) is 5.56. The topological polar surface area (TPSA) is 93.3 Å². The first-order chi connectivity index (χ1) is 9.38. The Kier molecular flexibility index (Phi) is 7.39. The quantitative estimate of drug-likeness (QED) is 0.548. The molecule has 20 heavy (non-hydrogen) atoms. The van der Waals surface area contributed by atoms with Gasteiger partial charge in [-0.2, -0.15) is 0 Å². The van der Waals surface area contributed by atoms with Gasteiger partial charge in [0.05, 0.1) is 12.6 Å². The first-order valence-electron chi connectivity index (χ1n) is 7.21. The fourth-order valence-electron chi connectivity index (χ4n) is 2.47. The highest BCUT2D eigenvalue weighted by atomic mass is 16.3. The predicted molar refractivity (Wildman–Crippen MR) is 77.0 cm³/mol. The molecule has 0 aromatic rings. The van der Waals surface area contributed by atoms with E-state index in [0.29, 0.717) is 19.6 Å². The lowest BCUT2D eigenvalue weighted by molar-refractivity contribution is -0.119. The van der Waals surface area contributed by atoms with E-state index in [1.54, 1.807) is 13.8 Å². The summed E-state index contributed by atoms with van der Waals surface area (Å²) in [5.74, 6) is -0.338. The fraction of sp³-hybridized carbons (Fsp3) is 0.923. The van der Waals surface area contributed by atoms with Gasteiger partial charge in [0, 0.05) is 45.8 Å². The number of amides is 1. The summed E-state index contributed by atoms with van der Waals surface area (Å²) in [4.78, 5) is 17.2. The zero-order valence-electron chi connectivity index (χ0n) is 12.5. The molecule has 1 aliphatic heterocycles. The van der Waals surface area contributed by atoms with E-state index in [1.165, 1.54) is 0 Å². The van der Waals surface area contributed by atoms with Crippen LogP contribution in [0.4, 0.5) is 0 Å². The fourth-order valence-corrected chi connectivity index (χ4v) is 2.47. The van der Waals surface area contributed by atoms with Crippen LogP contribution in [0.3, 0.4) is 0 Å². The highest BCUT2D eigenvalue weighted by molar-refractivity contribution is 5.75. The number of hydrogen-bond acceptors (Lipinski definition) is 6. The molecule has 0 aromatic heterocycles. The third-order valence-corrected chi connectivity index (χ3v) is 3.57. The van der Waals surface area contributed by atoms with Crippen LogP contribution in [0.2, 0.25) is 0 Å². The summed E-state index contributed by atoms with van der Waals surface area (Å²) >= 11 is 0. The molecule has 118 valence electrons. The largest absolute Gasteiger partial charge is 0.392 e. The maximum atomic E-state index is 11.1. The van der Waals surface area contributed by atoms with Crippen LogP contribution >= 0.6 is 0 Å². The second kappa shape index (κ2) is 8.53. The smallest absolute Gasteiger partial charge is 0.231 e. The van der Waals surface area contributed by atoms with Gasteiger partial charge in [-0.1, -0.05) is 0 Å². The average molecular weight is 288 g/mol. The SMILES string of the molecule is CC(O)CN1CCN(CC(N)=O)CCN(C(C)O)CC1. The number of aliphatic hydroxyl groups is 2. The normalized spacial score (nSPS) is 23.6. The molecule has 0 aliphatic carbocycles. The number of aliphatic hydroxyl groups excluding tert-OH is 2. The summed E-state index contributed by atoms with van der Waals surface area (Å²) in [7, 11) is 0. The number of β-amino-alcohol motifs (C(OH)–C–C–N with tert-alkyl or cyclic N) is 1. The number of nitrogens with zero attached hydrogens (tertiary/aromatic N) is 3. The van der Waals surface area contributed by atoms with Crippen molar-refractivity contribution in [3.05, 3.63) is 0 Å². The minimum atomic E-state index is -0.517. The Bertz CT molecular complexity index is 299. The molecule has 1 aliphatic rings. The van der Waals surface area contributed by atoms with Crippen LogP contribution < -0.4 is 5.73 Å². The number of primary amides is 1. The van der Waals surface area contributed by atoms with E-state index >= 15 is 0 Å². The number of hydrogen-bond donors (Lipinski definition) is 3. The summed E-state index contributed by atoms with van der Waals surface area (Å²) in [5, 5.41) is 19.3. The minimum Gasteiger partial charge on any atom is -0.392 e. The van der Waals surface area contributed by atoms with Crippen LogP contribution in [0.15, 0.2) is 0 Å². The van der Waals surface area contributed by atoms with Crippen molar-refractivity contribution in [1.82, 2.24) is 14.7 Å². The van der Waals surface area contributed by atoms with Crippen LogP contribution in [-0.4, -0.2) is 95.5 Å². The highest BCUT2D eigenvalue weighted by Crippen LogP contribution is 2.03. The first-order valence-corrected chi connectivity index (χ1v) is 7.21. The molecule has 2 atom stereocenters. The van der Waals surface area contributed by atoms with E-state index in [2.05, 4.69) is 4.90 Å². The number of carbonyl (C=O) groups excluding carboxylic acids is 1. The van der Waals surface area contributed by atoms with E-state index in [1.807, 2.05) is 9.80 Å². The van der Waals surface area contributed by atoms with Crippen LogP contribution in [0.1, 0.15) is 13.8 Å². The lowest BCUT2D eigenvalue weighted by Gasteiger charge is -2.28. The molecule has 1 rings (SSSR count). The van der Waals surface area contributed by atoms with Crippen molar-refractivity contribution >= 4 is 5.91 Å². The van der Waals surface area contributed by atoms with Crippen molar-refractivity contribution < 1.29 is 15.0 Å². The molecule has 7 heteroatoms. The first kappa shape index (κ1) is 17.3. The number of carbonyl (C=O) groups is 1. The molecule has 7 nitrogen and oxygen atoms in total. The second-order valence-corrected chi connectivity index (χ2v) is 5.56. The lowest BCUT2D eigenvalue weighted by Crippen LogP contribution is -2.42. The van der Waals surface area contributed by atoms with Crippen LogP contribution in [0, 0.1) is 0 Å². The van der Waals surface area contributed by atoms with Crippen LogP contribution in [0.25, 0.3) is 0 Å². The summed E-state index contributed by atoms with van der Waals surface area (Å²) in [5.41, 5.74) is 5.27. The zero-order chi connectivity index (χ0) is 15.1. The van der Waals surface area contributed by atoms with Gasteiger partial charge in [0.2, 0.25) is 5.91 Å².